The van der Waals surface area contributed by atoms with E-state index in [2.05, 4.69) is 9.97 Å². The first-order valence-electron chi connectivity index (χ1n) is 5.40. The Hall–Kier alpha value is -2.48. The largest absolute Gasteiger partial charge is 0.479 e. The normalized spacial score (nSPS) is 10.5. The summed E-state index contributed by atoms with van der Waals surface area (Å²) in [6, 6.07) is 3.01. The molecule has 1 aromatic heterocycles. The van der Waals surface area contributed by atoms with Crippen molar-refractivity contribution >= 4 is 22.8 Å². The van der Waals surface area contributed by atoms with Crippen molar-refractivity contribution in [2.45, 2.75) is 6.92 Å². The Morgan fingerprint density at radius 1 is 1.53 bits per heavy atom. The van der Waals surface area contributed by atoms with Gasteiger partial charge in [-0.3, -0.25) is 0 Å². The van der Waals surface area contributed by atoms with E-state index in [0.717, 1.165) is 6.07 Å². The van der Waals surface area contributed by atoms with Crippen LogP contribution >= 0.6 is 0 Å². The fourth-order valence-corrected chi connectivity index (χ4v) is 1.54. The molecule has 0 saturated heterocycles. The molecule has 8 heteroatoms. The first-order valence-corrected chi connectivity index (χ1v) is 5.40. The summed E-state index contributed by atoms with van der Waals surface area (Å²) in [4.78, 5) is 18.8. The van der Waals surface area contributed by atoms with Crippen molar-refractivity contribution in [1.82, 2.24) is 9.97 Å². The van der Waals surface area contributed by atoms with Crippen LogP contribution in [-0.4, -0.2) is 27.8 Å². The van der Waals surface area contributed by atoms with Crippen LogP contribution in [0.4, 0.5) is 15.0 Å². The summed E-state index contributed by atoms with van der Waals surface area (Å²) in [7, 11) is 0. The number of hydrogen-bond donors (Lipinski definition) is 2. The van der Waals surface area contributed by atoms with E-state index in [1.54, 1.807) is 6.92 Å². The fourth-order valence-electron chi connectivity index (χ4n) is 1.54. The maximum absolute atomic E-state index is 13.1. The van der Waals surface area contributed by atoms with Crippen LogP contribution < -0.4 is 10.9 Å². The van der Waals surface area contributed by atoms with Gasteiger partial charge in [-0.2, -0.15) is 15.0 Å². The number of aromatic nitrogens is 2. The Labute approximate surface area is 107 Å². The lowest BCUT2D eigenvalue weighted by Crippen LogP contribution is -2.38. The van der Waals surface area contributed by atoms with Crippen LogP contribution in [0.1, 0.15) is 6.92 Å². The van der Waals surface area contributed by atoms with Gasteiger partial charge in [0.05, 0.1) is 12.1 Å². The maximum Gasteiger partial charge on any atom is 0.430 e. The van der Waals surface area contributed by atoms with Gasteiger partial charge < -0.3 is 9.84 Å². The predicted octanol–water partition coefficient (Wildman–Crippen LogP) is 1.31. The van der Waals surface area contributed by atoms with Crippen LogP contribution in [-0.2, 0) is 4.74 Å². The van der Waals surface area contributed by atoms with Crippen molar-refractivity contribution in [2.75, 3.05) is 11.6 Å². The molecule has 0 unspecified atom stereocenters. The fraction of sp³-hybridized carbons (Fsp3) is 0.182. The lowest BCUT2D eigenvalue weighted by atomic mass is 10.2. The molecule has 0 atom stereocenters. The van der Waals surface area contributed by atoms with Crippen LogP contribution in [0.25, 0.3) is 10.9 Å². The zero-order valence-corrected chi connectivity index (χ0v) is 10.00. The second kappa shape index (κ2) is 5.02. The van der Waals surface area contributed by atoms with Crippen LogP contribution in [0.3, 0.4) is 0 Å². The standard InChI is InChI=1S/C11H11FN4O3/c1-2-19-11(18)16(13)9-7-4-3-6(12)5-8(7)14-10(17)15-9/h3-5H,2,13H2,1H3,(H,14,15,17). The van der Waals surface area contributed by atoms with Crippen LogP contribution in [0, 0.1) is 5.82 Å². The van der Waals surface area contributed by atoms with Gasteiger partial charge in [0.2, 0.25) is 0 Å². The SMILES string of the molecule is CCOC(=O)N(N)c1nc(O)nc2cc(F)ccc12. The summed E-state index contributed by atoms with van der Waals surface area (Å²) in [5, 5.41) is 10.3. The van der Waals surface area contributed by atoms with Gasteiger partial charge in [0.25, 0.3) is 0 Å². The lowest BCUT2D eigenvalue weighted by Gasteiger charge is -2.16. The molecule has 0 radical (unpaired) electrons. The number of hydrogen-bond acceptors (Lipinski definition) is 6. The van der Waals surface area contributed by atoms with Gasteiger partial charge >= 0.3 is 12.1 Å². The van der Waals surface area contributed by atoms with Gasteiger partial charge in [-0.1, -0.05) is 0 Å². The highest BCUT2D eigenvalue weighted by molar-refractivity contribution is 5.97. The van der Waals surface area contributed by atoms with E-state index < -0.39 is 17.9 Å². The molecule has 0 fully saturated rings. The molecule has 2 aromatic rings. The average Bonchev–Trinajstić information content (AvgIpc) is 2.36. The first-order chi connectivity index (χ1) is 9.02. The zero-order chi connectivity index (χ0) is 14.0. The number of carbonyl (C=O) groups excluding carboxylic acids is 1. The minimum absolute atomic E-state index is 0.0686. The molecule has 100 valence electrons. The van der Waals surface area contributed by atoms with Gasteiger partial charge in [0, 0.05) is 11.5 Å². The molecule has 0 spiro atoms. The van der Waals surface area contributed by atoms with Gasteiger partial charge in [0.15, 0.2) is 5.82 Å². The molecule has 0 aliphatic heterocycles. The molecule has 3 N–H and O–H groups in total. The number of anilines is 1. The monoisotopic (exact) mass is 266 g/mol. The third-order valence-electron chi connectivity index (χ3n) is 2.32. The third kappa shape index (κ3) is 2.52. The summed E-state index contributed by atoms with van der Waals surface area (Å²) < 4.78 is 17.8. The number of rotatable bonds is 2. The molecule has 7 nitrogen and oxygen atoms in total. The highest BCUT2D eigenvalue weighted by Gasteiger charge is 2.19. The van der Waals surface area contributed by atoms with Crippen LogP contribution in [0.15, 0.2) is 18.2 Å². The number of amides is 1. The van der Waals surface area contributed by atoms with Gasteiger partial charge in [-0.25, -0.2) is 15.0 Å². The quantitative estimate of drug-likeness (QED) is 0.482. The van der Waals surface area contributed by atoms with Gasteiger partial charge in [0.1, 0.15) is 5.82 Å². The number of nitrogens with two attached hydrogens (primary N) is 1. The molecule has 1 aromatic carbocycles. The Balaban J connectivity index is 2.56. The molecule has 1 heterocycles. The first kappa shape index (κ1) is 13.0. The third-order valence-corrected chi connectivity index (χ3v) is 2.32. The summed E-state index contributed by atoms with van der Waals surface area (Å²) in [6.07, 6.45) is -0.841. The van der Waals surface area contributed by atoms with Gasteiger partial charge in [-0.15, -0.1) is 0 Å². The molecular formula is C11H11FN4O3. The van der Waals surface area contributed by atoms with Crippen molar-refractivity contribution in [3.05, 3.63) is 24.0 Å². The maximum atomic E-state index is 13.1. The number of aromatic hydroxyl groups is 1. The average molecular weight is 266 g/mol. The summed E-state index contributed by atoms with van der Waals surface area (Å²) >= 11 is 0. The smallest absolute Gasteiger partial charge is 0.430 e. The molecule has 2 rings (SSSR count). The van der Waals surface area contributed by atoms with E-state index in [1.165, 1.54) is 12.1 Å². The van der Waals surface area contributed by atoms with E-state index in [-0.39, 0.29) is 17.9 Å². The predicted molar refractivity (Wildman–Crippen MR) is 64.8 cm³/mol. The number of benzene rings is 1. The molecule has 19 heavy (non-hydrogen) atoms. The van der Waals surface area contributed by atoms with E-state index in [9.17, 15) is 14.3 Å². The van der Waals surface area contributed by atoms with E-state index >= 15 is 0 Å². The number of hydrazine groups is 1. The van der Waals surface area contributed by atoms with Crippen LogP contribution in [0.2, 0.25) is 0 Å². The number of ether oxygens (including phenoxy) is 1. The van der Waals surface area contributed by atoms with Gasteiger partial charge in [-0.05, 0) is 19.1 Å². The van der Waals surface area contributed by atoms with E-state index in [4.69, 9.17) is 10.6 Å². The number of carbonyl (C=O) groups is 1. The zero-order valence-electron chi connectivity index (χ0n) is 10.00. The van der Waals surface area contributed by atoms with Crippen molar-refractivity contribution in [3.63, 3.8) is 0 Å². The highest BCUT2D eigenvalue weighted by Crippen LogP contribution is 2.25. The Morgan fingerprint density at radius 2 is 2.26 bits per heavy atom. The minimum Gasteiger partial charge on any atom is -0.479 e. The number of halogens is 1. The van der Waals surface area contributed by atoms with Crippen LogP contribution in [0.5, 0.6) is 6.01 Å². The van der Waals surface area contributed by atoms with Crippen molar-refractivity contribution < 1.29 is 19.0 Å². The second-order valence-corrected chi connectivity index (χ2v) is 3.58. The molecule has 0 aliphatic carbocycles. The molecule has 0 saturated carbocycles. The summed E-state index contributed by atoms with van der Waals surface area (Å²) in [5.41, 5.74) is 0.127. The van der Waals surface area contributed by atoms with E-state index in [0.29, 0.717) is 10.4 Å². The van der Waals surface area contributed by atoms with Crippen molar-refractivity contribution in [3.8, 4) is 6.01 Å². The topological polar surface area (TPSA) is 102 Å². The number of fused-ring (bicyclic) bond motifs is 1. The van der Waals surface area contributed by atoms with Crippen molar-refractivity contribution in [1.29, 1.82) is 0 Å². The summed E-state index contributed by atoms with van der Waals surface area (Å²) in [5.74, 6) is 4.96. The summed E-state index contributed by atoms with van der Waals surface area (Å²) in [6.45, 7) is 1.76. The molecular weight excluding hydrogens is 255 g/mol. The second-order valence-electron chi connectivity index (χ2n) is 3.58. The Kier molecular flexibility index (Phi) is 3.43. The van der Waals surface area contributed by atoms with E-state index in [1.807, 2.05) is 0 Å². The lowest BCUT2D eigenvalue weighted by molar-refractivity contribution is 0.159. The Morgan fingerprint density at radius 3 is 2.95 bits per heavy atom. The number of nitrogens with zero attached hydrogens (tertiary/aromatic N) is 3. The molecule has 1 amide bonds. The highest BCUT2D eigenvalue weighted by atomic mass is 19.1. The Bertz CT molecular complexity index is 629. The minimum atomic E-state index is -0.841. The molecule has 0 bridgehead atoms. The van der Waals surface area contributed by atoms with Crippen molar-refractivity contribution in [2.24, 2.45) is 5.84 Å². The molecule has 0 aliphatic rings.